The van der Waals surface area contributed by atoms with Gasteiger partial charge in [-0.25, -0.2) is 0 Å². The first-order valence-electron chi connectivity index (χ1n) is 15.5. The maximum absolute atomic E-state index is 12.5. The van der Waals surface area contributed by atoms with E-state index < -0.39 is 20.7 Å². The van der Waals surface area contributed by atoms with Crippen LogP contribution >= 0.6 is 23.5 Å². The van der Waals surface area contributed by atoms with Gasteiger partial charge in [0.05, 0.1) is 11.2 Å². The standard InChI is InChI=1S/C21H33BO4S.C15H22O2S/c1-14-13-15(22-25-20(7,8)21(9,10)26-22)11-12-16(14)27-19(5,6)17(23)24-18(2,3)4;1-11-9-7-8-10-12(11)18-15(5,6)13(16)17-14(2,3)4/h11-13H,1-10H3;7-10H,1-6H3. The largest absolute Gasteiger partial charge is 0.494 e. The molecule has 2 aromatic rings. The van der Waals surface area contributed by atoms with Crippen LogP contribution in [0.1, 0.15) is 108 Å². The first-order valence-corrected chi connectivity index (χ1v) is 17.2. The molecule has 0 aromatic heterocycles. The maximum atomic E-state index is 12.5. The van der Waals surface area contributed by atoms with Gasteiger partial charge in [-0.05, 0) is 140 Å². The highest BCUT2D eigenvalue weighted by Gasteiger charge is 2.51. The molecule has 1 fully saturated rings. The minimum Gasteiger partial charge on any atom is -0.459 e. The summed E-state index contributed by atoms with van der Waals surface area (Å²) in [5, 5.41) is 0. The lowest BCUT2D eigenvalue weighted by Crippen LogP contribution is -2.41. The number of benzene rings is 2. The molecule has 0 atom stereocenters. The van der Waals surface area contributed by atoms with Gasteiger partial charge in [0.25, 0.3) is 0 Å². The lowest BCUT2D eigenvalue weighted by molar-refractivity contribution is -0.157. The van der Waals surface area contributed by atoms with Crippen LogP contribution in [0.3, 0.4) is 0 Å². The van der Waals surface area contributed by atoms with Crippen LogP contribution in [-0.2, 0) is 28.4 Å². The van der Waals surface area contributed by atoms with Gasteiger partial charge in [0.1, 0.15) is 20.7 Å². The molecule has 0 bridgehead atoms. The summed E-state index contributed by atoms with van der Waals surface area (Å²) in [6.07, 6.45) is 0. The van der Waals surface area contributed by atoms with Gasteiger partial charge in [-0.1, -0.05) is 30.3 Å². The summed E-state index contributed by atoms with van der Waals surface area (Å²) in [7, 11) is -0.383. The Kier molecular flexibility index (Phi) is 12.2. The highest BCUT2D eigenvalue weighted by molar-refractivity contribution is 8.01. The molecule has 0 amide bonds. The molecule has 2 aromatic carbocycles. The predicted octanol–water partition coefficient (Wildman–Crippen LogP) is 8.71. The number of hydrogen-bond donors (Lipinski definition) is 0. The summed E-state index contributed by atoms with van der Waals surface area (Å²) >= 11 is 3.06. The van der Waals surface area contributed by atoms with E-state index in [-0.39, 0.29) is 30.3 Å². The van der Waals surface area contributed by atoms with Gasteiger partial charge in [-0.2, -0.15) is 0 Å². The molecule has 6 nitrogen and oxygen atoms in total. The van der Waals surface area contributed by atoms with Gasteiger partial charge in [0.2, 0.25) is 0 Å². The van der Waals surface area contributed by atoms with E-state index in [2.05, 4.69) is 6.07 Å². The van der Waals surface area contributed by atoms with Crippen LogP contribution in [-0.4, -0.2) is 51.0 Å². The molecule has 250 valence electrons. The normalized spacial score (nSPS) is 16.5. The monoisotopic (exact) mass is 658 g/mol. The summed E-state index contributed by atoms with van der Waals surface area (Å²) in [5.74, 6) is -0.391. The van der Waals surface area contributed by atoms with Crippen LogP contribution in [0.2, 0.25) is 0 Å². The van der Waals surface area contributed by atoms with Crippen molar-refractivity contribution in [2.24, 2.45) is 0 Å². The third-order valence-electron chi connectivity index (χ3n) is 7.33. The number of aryl methyl sites for hydroxylation is 2. The summed E-state index contributed by atoms with van der Waals surface area (Å²) in [5.41, 5.74) is 1.59. The number of ether oxygens (including phenoxy) is 2. The van der Waals surface area contributed by atoms with Crippen molar-refractivity contribution in [3.8, 4) is 0 Å². The van der Waals surface area contributed by atoms with E-state index in [9.17, 15) is 9.59 Å². The molecular formula is C36H55BO6S2. The second-order valence-electron chi connectivity index (χ2n) is 15.6. The number of hydrogen-bond acceptors (Lipinski definition) is 8. The fourth-order valence-corrected chi connectivity index (χ4v) is 6.10. The lowest BCUT2D eigenvalue weighted by atomic mass is 9.78. The van der Waals surface area contributed by atoms with E-state index in [0.29, 0.717) is 0 Å². The zero-order valence-corrected chi connectivity index (χ0v) is 32.0. The van der Waals surface area contributed by atoms with Gasteiger partial charge in [-0.15, -0.1) is 23.5 Å². The van der Waals surface area contributed by atoms with Crippen molar-refractivity contribution in [3.05, 3.63) is 53.6 Å². The molecule has 1 heterocycles. The molecule has 0 radical (unpaired) electrons. The molecule has 1 saturated heterocycles. The SMILES string of the molecule is Cc1cc(B2OC(C)(C)C(C)(C)O2)ccc1SC(C)(C)C(=O)OC(C)(C)C.Cc1ccccc1SC(C)(C)C(=O)OC(C)(C)C. The number of rotatable bonds is 7. The minimum absolute atomic E-state index is 0.178. The fourth-order valence-electron chi connectivity index (χ4n) is 4.02. The average molecular weight is 659 g/mol. The van der Waals surface area contributed by atoms with Crippen LogP contribution in [0, 0.1) is 13.8 Å². The minimum atomic E-state index is -0.677. The molecule has 45 heavy (non-hydrogen) atoms. The Hall–Kier alpha value is -1.94. The Morgan fingerprint density at radius 2 is 1.04 bits per heavy atom. The Labute approximate surface area is 281 Å². The molecule has 0 spiro atoms. The summed E-state index contributed by atoms with van der Waals surface area (Å²) in [6.45, 7) is 31.2. The van der Waals surface area contributed by atoms with Gasteiger partial charge in [0.15, 0.2) is 0 Å². The van der Waals surface area contributed by atoms with Crippen LogP contribution in [0.25, 0.3) is 0 Å². The van der Waals surface area contributed by atoms with Gasteiger partial charge in [0, 0.05) is 9.79 Å². The van der Waals surface area contributed by atoms with Crippen LogP contribution in [0.4, 0.5) is 0 Å². The van der Waals surface area contributed by atoms with Gasteiger partial charge >= 0.3 is 19.1 Å². The number of carbonyl (C=O) groups is 2. The van der Waals surface area contributed by atoms with E-state index in [1.165, 1.54) is 17.3 Å². The van der Waals surface area contributed by atoms with Crippen LogP contribution in [0.15, 0.2) is 52.3 Å². The van der Waals surface area contributed by atoms with E-state index in [1.807, 2.05) is 147 Å². The quantitative estimate of drug-likeness (QED) is 0.166. The smallest absolute Gasteiger partial charge is 0.459 e. The second-order valence-corrected chi connectivity index (χ2v) is 18.9. The molecule has 3 rings (SSSR count). The van der Waals surface area contributed by atoms with Crippen molar-refractivity contribution in [2.75, 3.05) is 0 Å². The topological polar surface area (TPSA) is 71.1 Å². The summed E-state index contributed by atoms with van der Waals surface area (Å²) in [4.78, 5) is 26.9. The lowest BCUT2D eigenvalue weighted by Gasteiger charge is -2.32. The maximum Gasteiger partial charge on any atom is 0.494 e. The zero-order valence-electron chi connectivity index (χ0n) is 30.4. The predicted molar refractivity (Wildman–Crippen MR) is 190 cm³/mol. The highest BCUT2D eigenvalue weighted by atomic mass is 32.2. The molecule has 9 heteroatoms. The van der Waals surface area contributed by atoms with Crippen molar-refractivity contribution >= 4 is 48.0 Å². The van der Waals surface area contributed by atoms with Crippen molar-refractivity contribution in [1.29, 1.82) is 0 Å². The average Bonchev–Trinajstić information content (AvgIpc) is 3.06. The molecule has 1 aliphatic heterocycles. The zero-order chi connectivity index (χ0) is 34.8. The third-order valence-corrected chi connectivity index (χ3v) is 10.0. The molecule has 0 N–H and O–H groups in total. The highest BCUT2D eigenvalue weighted by Crippen LogP contribution is 2.39. The van der Waals surface area contributed by atoms with Crippen molar-refractivity contribution in [1.82, 2.24) is 0 Å². The second kappa shape index (κ2) is 14.0. The molecule has 0 unspecified atom stereocenters. The summed E-state index contributed by atoms with van der Waals surface area (Å²) in [6, 6.07) is 14.2. The van der Waals surface area contributed by atoms with Crippen LogP contribution < -0.4 is 5.46 Å². The van der Waals surface area contributed by atoms with E-state index in [4.69, 9.17) is 18.8 Å². The first-order chi connectivity index (χ1) is 20.2. The molecule has 0 saturated carbocycles. The Bertz CT molecular complexity index is 1340. The van der Waals surface area contributed by atoms with Crippen molar-refractivity contribution in [3.63, 3.8) is 0 Å². The van der Waals surface area contributed by atoms with E-state index >= 15 is 0 Å². The summed E-state index contributed by atoms with van der Waals surface area (Å²) < 4.78 is 22.0. The number of thioether (sulfide) groups is 2. The van der Waals surface area contributed by atoms with Crippen LogP contribution in [0.5, 0.6) is 0 Å². The number of carbonyl (C=O) groups excluding carboxylic acids is 2. The van der Waals surface area contributed by atoms with Gasteiger partial charge < -0.3 is 18.8 Å². The Balaban J connectivity index is 0.000000341. The van der Waals surface area contributed by atoms with E-state index in [1.54, 1.807) is 11.8 Å². The molecule has 1 aliphatic rings. The Morgan fingerprint density at radius 1 is 0.644 bits per heavy atom. The fraction of sp³-hybridized carbons (Fsp3) is 0.611. The van der Waals surface area contributed by atoms with E-state index in [0.717, 1.165) is 20.8 Å². The third kappa shape index (κ3) is 11.4. The number of esters is 2. The van der Waals surface area contributed by atoms with Crippen molar-refractivity contribution in [2.45, 2.75) is 152 Å². The van der Waals surface area contributed by atoms with Gasteiger partial charge in [-0.3, -0.25) is 9.59 Å². The van der Waals surface area contributed by atoms with Crippen molar-refractivity contribution < 1.29 is 28.4 Å². The Morgan fingerprint density at radius 3 is 1.42 bits per heavy atom. The first kappa shape index (κ1) is 39.2. The molecular weight excluding hydrogens is 603 g/mol. The molecule has 0 aliphatic carbocycles.